The number of halogens is 1. The van der Waals surface area contributed by atoms with E-state index in [1.54, 1.807) is 12.1 Å². The molecule has 4 nitrogen and oxygen atoms in total. The van der Waals surface area contributed by atoms with E-state index < -0.39 is 4.48 Å². The van der Waals surface area contributed by atoms with E-state index in [2.05, 4.69) is 11.0 Å². The van der Waals surface area contributed by atoms with Crippen molar-refractivity contribution >= 4 is 12.2 Å². The van der Waals surface area contributed by atoms with Crippen molar-refractivity contribution in [2.75, 3.05) is 0 Å². The van der Waals surface area contributed by atoms with Gasteiger partial charge in [-0.3, -0.25) is 0 Å². The van der Waals surface area contributed by atoms with Crippen LogP contribution < -0.4 is 0 Å². The number of quaternary nitrogens is 1. The number of amides is 1. The average Bonchev–Trinajstić information content (AvgIpc) is 2.63. The van der Waals surface area contributed by atoms with E-state index >= 15 is 0 Å². The van der Waals surface area contributed by atoms with Crippen LogP contribution in [0, 0.1) is 18.3 Å². The van der Waals surface area contributed by atoms with Crippen molar-refractivity contribution in [1.29, 1.82) is 0 Å². The number of aliphatic imine (C=N–C) groups is 1. The highest BCUT2D eigenvalue weighted by Gasteiger charge is 2.37. The topological polar surface area (TPSA) is 38.7 Å². The van der Waals surface area contributed by atoms with Gasteiger partial charge in [0.2, 0.25) is 12.2 Å². The van der Waals surface area contributed by atoms with Gasteiger partial charge in [0.15, 0.2) is 0 Å². The van der Waals surface area contributed by atoms with Crippen molar-refractivity contribution < 1.29 is 18.4 Å². The summed E-state index contributed by atoms with van der Waals surface area (Å²) in [6.45, 7) is 0.427. The molecule has 2 aromatic carbocycles. The Balaban J connectivity index is 1.72. The summed E-state index contributed by atoms with van der Waals surface area (Å²) in [6, 6.07) is 18.0. The lowest BCUT2D eigenvalue weighted by molar-refractivity contribution is -0.695. The monoisotopic (exact) mass is 335 g/mol. The number of nitrogens with zero attached hydrogens (tertiary/aromatic N) is 2. The summed E-state index contributed by atoms with van der Waals surface area (Å²) >= 11 is 0. The fraction of sp³-hybridized carbons (Fsp3) is 0.100. The molecule has 0 aliphatic carbocycles. The first-order valence-corrected chi connectivity index (χ1v) is 7.69. The number of terminal acetylenes is 1. The Morgan fingerprint density at radius 3 is 2.56 bits per heavy atom. The summed E-state index contributed by atoms with van der Waals surface area (Å²) in [6.07, 6.45) is 8.21. The lowest BCUT2D eigenvalue weighted by atomic mass is 10.2. The molecule has 0 bridgehead atoms. The second-order valence-corrected chi connectivity index (χ2v) is 5.63. The number of benzene rings is 2. The third kappa shape index (κ3) is 3.82. The molecular formula is C20H16FN2O2+. The fourth-order valence-corrected chi connectivity index (χ4v) is 2.47. The molecule has 0 N–H and O–H groups in total. The van der Waals surface area contributed by atoms with Gasteiger partial charge >= 0.3 is 5.91 Å². The van der Waals surface area contributed by atoms with E-state index in [0.29, 0.717) is 12.2 Å². The van der Waals surface area contributed by atoms with Gasteiger partial charge in [-0.1, -0.05) is 48.9 Å². The normalized spacial score (nSPS) is 19.2. The summed E-state index contributed by atoms with van der Waals surface area (Å²) in [5.74, 6) is -0.529. The maximum Gasteiger partial charge on any atom is 0.363 e. The number of rotatable bonds is 5. The number of hydrogen-bond donors (Lipinski definition) is 0. The van der Waals surface area contributed by atoms with Gasteiger partial charge in [-0.25, -0.2) is 9.18 Å². The van der Waals surface area contributed by atoms with Crippen LogP contribution in [0.1, 0.15) is 11.1 Å². The van der Waals surface area contributed by atoms with E-state index in [4.69, 9.17) is 11.2 Å². The molecule has 0 saturated carbocycles. The van der Waals surface area contributed by atoms with Crippen molar-refractivity contribution in [2.24, 2.45) is 4.99 Å². The van der Waals surface area contributed by atoms with Crippen LogP contribution in [0.15, 0.2) is 71.5 Å². The molecule has 1 aliphatic rings. The minimum absolute atomic E-state index is 0.124. The van der Waals surface area contributed by atoms with Crippen LogP contribution in [0.2, 0.25) is 0 Å². The van der Waals surface area contributed by atoms with Crippen molar-refractivity contribution in [3.8, 4) is 12.5 Å². The Kier molecular flexibility index (Phi) is 4.73. The summed E-state index contributed by atoms with van der Waals surface area (Å²) < 4.78 is 18.5. The molecule has 0 aromatic heterocycles. The maximum atomic E-state index is 13.4. The zero-order valence-corrected chi connectivity index (χ0v) is 13.4. The van der Waals surface area contributed by atoms with Gasteiger partial charge in [0, 0.05) is 5.56 Å². The highest BCUT2D eigenvalue weighted by molar-refractivity contribution is 5.90. The SMILES string of the molecule is C#C[N+]1(Cc2cccc(F)c2)C=NC(OCc2ccccc2)=CC1=O. The first kappa shape index (κ1) is 16.6. The Hall–Kier alpha value is -3.23. The third-order valence-electron chi connectivity index (χ3n) is 3.80. The minimum Gasteiger partial charge on any atom is -0.472 e. The van der Waals surface area contributed by atoms with E-state index in [0.717, 1.165) is 5.56 Å². The fourth-order valence-electron chi connectivity index (χ4n) is 2.47. The minimum atomic E-state index is -0.457. The molecule has 0 saturated heterocycles. The molecular weight excluding hydrogens is 319 g/mol. The molecule has 1 aliphatic heterocycles. The second-order valence-electron chi connectivity index (χ2n) is 5.63. The Bertz CT molecular complexity index is 884. The Morgan fingerprint density at radius 2 is 1.88 bits per heavy atom. The smallest absolute Gasteiger partial charge is 0.363 e. The molecule has 0 spiro atoms. The van der Waals surface area contributed by atoms with E-state index in [1.165, 1.54) is 24.5 Å². The predicted octanol–water partition coefficient (Wildman–Crippen LogP) is 3.36. The van der Waals surface area contributed by atoms with Gasteiger partial charge in [0.1, 0.15) is 31.1 Å². The number of carbonyl (C=O) groups excluding carboxylic acids is 1. The first-order valence-electron chi connectivity index (χ1n) is 7.69. The molecule has 124 valence electrons. The molecule has 1 unspecified atom stereocenters. The highest BCUT2D eigenvalue weighted by atomic mass is 19.1. The molecule has 1 amide bonds. The van der Waals surface area contributed by atoms with Crippen molar-refractivity contribution in [3.05, 3.63) is 83.5 Å². The third-order valence-corrected chi connectivity index (χ3v) is 3.80. The van der Waals surface area contributed by atoms with Gasteiger partial charge in [-0.05, 0) is 17.7 Å². The van der Waals surface area contributed by atoms with Crippen molar-refractivity contribution in [3.63, 3.8) is 0 Å². The van der Waals surface area contributed by atoms with E-state index in [9.17, 15) is 9.18 Å². The molecule has 25 heavy (non-hydrogen) atoms. The van der Waals surface area contributed by atoms with E-state index in [1.807, 2.05) is 30.3 Å². The van der Waals surface area contributed by atoms with Crippen LogP contribution in [-0.2, 0) is 22.7 Å². The first-order chi connectivity index (χ1) is 12.1. The highest BCUT2D eigenvalue weighted by Crippen LogP contribution is 2.20. The van der Waals surface area contributed by atoms with Gasteiger partial charge in [0.25, 0.3) is 0 Å². The van der Waals surface area contributed by atoms with Crippen LogP contribution in [0.25, 0.3) is 0 Å². The van der Waals surface area contributed by atoms with Gasteiger partial charge < -0.3 is 4.74 Å². The molecule has 0 radical (unpaired) electrons. The molecule has 0 fully saturated rings. The van der Waals surface area contributed by atoms with Gasteiger partial charge in [-0.2, -0.15) is 4.99 Å². The lowest BCUT2D eigenvalue weighted by Gasteiger charge is -2.25. The lowest BCUT2D eigenvalue weighted by Crippen LogP contribution is -2.47. The van der Waals surface area contributed by atoms with Gasteiger partial charge in [-0.15, -0.1) is 4.48 Å². The van der Waals surface area contributed by atoms with Crippen LogP contribution >= 0.6 is 0 Å². The molecule has 1 heterocycles. The zero-order chi connectivity index (χ0) is 17.7. The Labute approximate surface area is 145 Å². The zero-order valence-electron chi connectivity index (χ0n) is 13.4. The molecule has 1 atom stereocenters. The summed E-state index contributed by atoms with van der Waals surface area (Å²) in [5, 5.41) is 0. The average molecular weight is 335 g/mol. The Morgan fingerprint density at radius 1 is 1.12 bits per heavy atom. The largest absolute Gasteiger partial charge is 0.472 e. The van der Waals surface area contributed by atoms with Crippen LogP contribution in [0.4, 0.5) is 4.39 Å². The van der Waals surface area contributed by atoms with E-state index in [-0.39, 0.29) is 24.2 Å². The van der Waals surface area contributed by atoms with Crippen molar-refractivity contribution in [2.45, 2.75) is 13.2 Å². The second kappa shape index (κ2) is 7.12. The summed E-state index contributed by atoms with van der Waals surface area (Å²) in [4.78, 5) is 16.7. The number of carbonyl (C=O) groups is 1. The standard InChI is InChI=1S/C20H16FN2O2/c1-2-23(13-17-9-6-10-18(21)11-17)15-22-19(12-20(23)24)25-14-16-7-4-3-5-8-16/h1,3-12,15H,13-14H2/q+1. The predicted molar refractivity (Wildman–Crippen MR) is 92.0 cm³/mol. The number of ether oxygens (including phenoxy) is 1. The summed E-state index contributed by atoms with van der Waals surface area (Å²) in [7, 11) is 0. The van der Waals surface area contributed by atoms with Gasteiger partial charge in [0.05, 0.1) is 0 Å². The summed E-state index contributed by atoms with van der Waals surface area (Å²) in [5.41, 5.74) is 1.58. The molecule has 2 aromatic rings. The number of hydrogen-bond acceptors (Lipinski definition) is 3. The maximum absolute atomic E-state index is 13.4. The van der Waals surface area contributed by atoms with Crippen LogP contribution in [0.3, 0.4) is 0 Å². The van der Waals surface area contributed by atoms with Crippen LogP contribution in [0.5, 0.6) is 0 Å². The quantitative estimate of drug-likeness (QED) is 0.621. The molecule has 3 rings (SSSR count). The van der Waals surface area contributed by atoms with Crippen LogP contribution in [-0.4, -0.2) is 16.7 Å². The van der Waals surface area contributed by atoms with Crippen molar-refractivity contribution in [1.82, 2.24) is 0 Å². The molecule has 5 heteroatoms.